The van der Waals surface area contributed by atoms with Gasteiger partial charge in [0.25, 0.3) is 6.47 Å². The van der Waals surface area contributed by atoms with Crippen molar-refractivity contribution < 1.29 is 19.1 Å². The van der Waals surface area contributed by atoms with Gasteiger partial charge in [-0.25, -0.2) is 4.39 Å². The zero-order valence-corrected chi connectivity index (χ0v) is 17.5. The van der Waals surface area contributed by atoms with Crippen molar-refractivity contribution in [3.8, 4) is 0 Å². The number of benzene rings is 2. The van der Waals surface area contributed by atoms with E-state index in [4.69, 9.17) is 27.2 Å². The van der Waals surface area contributed by atoms with E-state index in [0.29, 0.717) is 27.7 Å². The molecule has 1 aliphatic rings. The summed E-state index contributed by atoms with van der Waals surface area (Å²) in [5.41, 5.74) is 7.12. The molecule has 0 radical (unpaired) electrons. The Morgan fingerprint density at radius 3 is 2.59 bits per heavy atom. The van der Waals surface area contributed by atoms with Gasteiger partial charge in [0.05, 0.1) is 5.54 Å². The van der Waals surface area contributed by atoms with E-state index in [1.807, 2.05) is 6.92 Å². The van der Waals surface area contributed by atoms with Gasteiger partial charge in [-0.15, -0.1) is 0 Å². The standard InChI is InChI=1S/C20H20ClFN2OS.CH2O2/c1-2-20(9-10-26-19(23)24-20)16-11-13(3-8-17(16)22)12-18(25)14-4-6-15(21)7-5-14;2-1-3/h3-8,11H,2,9-10,12H2,1H3,(H2,23,24);1H,(H,2,3)/t20-;/m0./s1. The second-order valence-corrected chi connectivity index (χ2v) is 8.01. The van der Waals surface area contributed by atoms with Crippen molar-refractivity contribution in [3.05, 3.63) is 70.0 Å². The Balaban J connectivity index is 0.000000941. The Bertz CT molecular complexity index is 905. The lowest BCUT2D eigenvalue weighted by atomic mass is 9.83. The van der Waals surface area contributed by atoms with Crippen molar-refractivity contribution in [1.29, 1.82) is 0 Å². The van der Waals surface area contributed by atoms with Gasteiger partial charge in [-0.3, -0.25) is 14.6 Å². The van der Waals surface area contributed by atoms with Crippen LogP contribution in [-0.2, 0) is 16.8 Å². The van der Waals surface area contributed by atoms with Gasteiger partial charge in [-0.1, -0.05) is 36.4 Å². The van der Waals surface area contributed by atoms with E-state index in [1.165, 1.54) is 17.8 Å². The van der Waals surface area contributed by atoms with Gasteiger partial charge in [0.1, 0.15) is 5.82 Å². The van der Waals surface area contributed by atoms with Crippen molar-refractivity contribution in [1.82, 2.24) is 0 Å². The van der Waals surface area contributed by atoms with E-state index in [-0.39, 0.29) is 24.5 Å². The zero-order chi connectivity index (χ0) is 21.4. The highest BCUT2D eigenvalue weighted by Gasteiger charge is 2.35. The zero-order valence-electron chi connectivity index (χ0n) is 15.9. The number of amidine groups is 1. The van der Waals surface area contributed by atoms with Gasteiger partial charge in [-0.05, 0) is 54.8 Å². The summed E-state index contributed by atoms with van der Waals surface area (Å²) in [6.45, 7) is 1.73. The minimum atomic E-state index is -0.654. The average Bonchev–Trinajstić information content (AvgIpc) is 2.70. The van der Waals surface area contributed by atoms with E-state index in [9.17, 15) is 9.18 Å². The lowest BCUT2D eigenvalue weighted by Crippen LogP contribution is -2.32. The van der Waals surface area contributed by atoms with Crippen LogP contribution in [0.25, 0.3) is 0 Å². The number of carbonyl (C=O) groups is 2. The van der Waals surface area contributed by atoms with Gasteiger partial charge < -0.3 is 10.8 Å². The van der Waals surface area contributed by atoms with Crippen molar-refractivity contribution >= 4 is 40.8 Å². The second kappa shape index (κ2) is 10.4. The summed E-state index contributed by atoms with van der Waals surface area (Å²) < 4.78 is 14.6. The molecule has 0 unspecified atom stereocenters. The molecule has 1 aliphatic heterocycles. The number of carboxylic acid groups (broad SMARTS) is 1. The predicted molar refractivity (Wildman–Crippen MR) is 115 cm³/mol. The third-order valence-electron chi connectivity index (χ3n) is 4.74. The monoisotopic (exact) mass is 436 g/mol. The van der Waals surface area contributed by atoms with E-state index in [2.05, 4.69) is 4.99 Å². The average molecular weight is 437 g/mol. The third-order valence-corrected chi connectivity index (χ3v) is 5.78. The van der Waals surface area contributed by atoms with Gasteiger partial charge in [-0.2, -0.15) is 0 Å². The number of hydrogen-bond acceptors (Lipinski definition) is 5. The first-order valence-corrected chi connectivity index (χ1v) is 10.3. The highest BCUT2D eigenvalue weighted by Crippen LogP contribution is 2.40. The van der Waals surface area contributed by atoms with Crippen LogP contribution in [-0.4, -0.2) is 28.3 Å². The summed E-state index contributed by atoms with van der Waals surface area (Å²) in [5.74, 6) is 0.460. The van der Waals surface area contributed by atoms with Crippen LogP contribution >= 0.6 is 23.4 Å². The SMILES string of the molecule is CC[C@@]1(c2cc(CC(=O)c3ccc(Cl)cc3)ccc2F)CCSC(N)=N1.O=CO. The number of Topliss-reactive ketones (excluding diaryl/α,β-unsaturated/α-hetero) is 1. The summed E-state index contributed by atoms with van der Waals surface area (Å²) in [5, 5.41) is 7.96. The number of hydrogen-bond donors (Lipinski definition) is 2. The highest BCUT2D eigenvalue weighted by atomic mass is 35.5. The summed E-state index contributed by atoms with van der Waals surface area (Å²) in [6, 6.07) is 11.6. The van der Waals surface area contributed by atoms with Crippen LogP contribution in [0.3, 0.4) is 0 Å². The van der Waals surface area contributed by atoms with Gasteiger partial charge in [0.2, 0.25) is 0 Å². The maximum Gasteiger partial charge on any atom is 0.290 e. The fourth-order valence-electron chi connectivity index (χ4n) is 3.23. The molecule has 1 atom stereocenters. The molecule has 0 saturated carbocycles. The molecule has 2 aromatic carbocycles. The topological polar surface area (TPSA) is 92.8 Å². The number of rotatable bonds is 5. The largest absolute Gasteiger partial charge is 0.483 e. The van der Waals surface area contributed by atoms with Crippen LogP contribution in [0.4, 0.5) is 4.39 Å². The molecular weight excluding hydrogens is 415 g/mol. The molecule has 0 fully saturated rings. The minimum Gasteiger partial charge on any atom is -0.483 e. The highest BCUT2D eigenvalue weighted by molar-refractivity contribution is 8.13. The molecule has 0 bridgehead atoms. The van der Waals surface area contributed by atoms with Crippen LogP contribution in [0.5, 0.6) is 0 Å². The van der Waals surface area contributed by atoms with Gasteiger partial charge in [0, 0.05) is 28.3 Å². The quantitative estimate of drug-likeness (QED) is 0.525. The summed E-state index contributed by atoms with van der Waals surface area (Å²) in [4.78, 5) is 25.4. The first-order chi connectivity index (χ1) is 13.8. The number of thioether (sulfide) groups is 1. The molecule has 29 heavy (non-hydrogen) atoms. The fourth-order valence-corrected chi connectivity index (χ4v) is 4.24. The van der Waals surface area contributed by atoms with Crippen molar-refractivity contribution in [3.63, 3.8) is 0 Å². The molecule has 5 nitrogen and oxygen atoms in total. The Hall–Kier alpha value is -2.38. The maximum absolute atomic E-state index is 14.6. The Labute approximate surface area is 178 Å². The molecular formula is C21H22ClFN2O3S. The molecule has 3 N–H and O–H groups in total. The molecule has 0 aliphatic carbocycles. The Morgan fingerprint density at radius 1 is 1.34 bits per heavy atom. The van der Waals surface area contributed by atoms with E-state index in [0.717, 1.165) is 17.7 Å². The molecule has 0 amide bonds. The summed E-state index contributed by atoms with van der Waals surface area (Å²) in [6.07, 6.45) is 1.57. The smallest absolute Gasteiger partial charge is 0.290 e. The molecule has 0 aromatic heterocycles. The van der Waals surface area contributed by atoms with Crippen LogP contribution in [0, 0.1) is 5.82 Å². The van der Waals surface area contributed by atoms with Crippen LogP contribution in [0.1, 0.15) is 41.3 Å². The van der Waals surface area contributed by atoms with Crippen LogP contribution in [0.2, 0.25) is 5.02 Å². The van der Waals surface area contributed by atoms with E-state index in [1.54, 1.807) is 36.4 Å². The van der Waals surface area contributed by atoms with Gasteiger partial charge in [0.15, 0.2) is 11.0 Å². The molecule has 154 valence electrons. The number of aliphatic imine (C=N–C) groups is 1. The minimum absolute atomic E-state index is 0.0352. The predicted octanol–water partition coefficient (Wildman–Crippen LogP) is 4.66. The van der Waals surface area contributed by atoms with Crippen molar-refractivity contribution in [2.45, 2.75) is 31.7 Å². The van der Waals surface area contributed by atoms with Crippen molar-refractivity contribution in [2.24, 2.45) is 10.7 Å². The van der Waals surface area contributed by atoms with Crippen molar-refractivity contribution in [2.75, 3.05) is 5.75 Å². The fraction of sp³-hybridized carbons (Fsp3) is 0.286. The molecule has 2 aromatic rings. The first kappa shape index (κ1) is 22.9. The van der Waals surface area contributed by atoms with Crippen LogP contribution in [0.15, 0.2) is 47.5 Å². The maximum atomic E-state index is 14.6. The molecule has 0 saturated heterocycles. The van der Waals surface area contributed by atoms with Gasteiger partial charge >= 0.3 is 0 Å². The number of ketones is 1. The molecule has 1 heterocycles. The lowest BCUT2D eigenvalue weighted by molar-refractivity contribution is -0.122. The van der Waals surface area contributed by atoms with E-state index < -0.39 is 5.54 Å². The second-order valence-electron chi connectivity index (χ2n) is 6.46. The first-order valence-electron chi connectivity index (χ1n) is 8.99. The number of nitrogens with zero attached hydrogens (tertiary/aromatic N) is 1. The molecule has 0 spiro atoms. The molecule has 8 heteroatoms. The Morgan fingerprint density at radius 2 is 2.00 bits per heavy atom. The number of nitrogens with two attached hydrogens (primary N) is 1. The molecule has 3 rings (SSSR count). The Kier molecular flexibility index (Phi) is 8.22. The number of halogens is 2. The normalized spacial score (nSPS) is 18.2. The third kappa shape index (κ3) is 5.81. The lowest BCUT2D eigenvalue weighted by Gasteiger charge is -2.33. The number of carbonyl (C=O) groups excluding carboxylic acids is 1. The summed E-state index contributed by atoms with van der Waals surface area (Å²) >= 11 is 7.36. The van der Waals surface area contributed by atoms with Crippen LogP contribution < -0.4 is 5.73 Å². The summed E-state index contributed by atoms with van der Waals surface area (Å²) in [7, 11) is 0. The van der Waals surface area contributed by atoms with E-state index >= 15 is 0 Å².